The van der Waals surface area contributed by atoms with E-state index >= 15 is 0 Å². The summed E-state index contributed by atoms with van der Waals surface area (Å²) in [5, 5.41) is 11.2. The van der Waals surface area contributed by atoms with Gasteiger partial charge in [0, 0.05) is 11.6 Å². The number of nitrogens with one attached hydrogen (secondary N) is 1. The highest BCUT2D eigenvalue weighted by Gasteiger charge is 2.12. The molecule has 8 nitrogen and oxygen atoms in total. The molecule has 0 radical (unpaired) electrons. The quantitative estimate of drug-likeness (QED) is 0.346. The van der Waals surface area contributed by atoms with Crippen LogP contribution in [-0.4, -0.2) is 42.0 Å². The number of amides is 1. The van der Waals surface area contributed by atoms with Crippen molar-refractivity contribution in [3.63, 3.8) is 0 Å². The fourth-order valence-electron chi connectivity index (χ4n) is 3.14. The maximum Gasteiger partial charge on any atom is 0.407 e. The number of benzene rings is 2. The molecule has 39 heavy (non-hydrogen) atoms. The van der Waals surface area contributed by atoms with Gasteiger partial charge in [0.1, 0.15) is 25.4 Å². The Kier molecular flexibility index (Phi) is 20.5. The van der Waals surface area contributed by atoms with Gasteiger partial charge in [-0.2, -0.15) is 0 Å². The predicted octanol–water partition coefficient (Wildman–Crippen LogP) is 7.11. The van der Waals surface area contributed by atoms with E-state index in [-0.39, 0.29) is 46.9 Å². The largest absolute Gasteiger partial charge is 0.497 e. The molecule has 2 aromatic rings. The first kappa shape index (κ1) is 35.5. The molecular weight excluding hydrogens is 522 g/mol. The van der Waals surface area contributed by atoms with Crippen molar-refractivity contribution in [3.8, 4) is 0 Å². The number of carbonyl (C=O) groups is 2. The van der Waals surface area contributed by atoms with E-state index in [0.29, 0.717) is 6.54 Å². The molecule has 2 aromatic carbocycles. The van der Waals surface area contributed by atoms with Crippen molar-refractivity contribution in [2.45, 2.75) is 66.0 Å². The molecule has 0 fully saturated rings. The van der Waals surface area contributed by atoms with Crippen LogP contribution in [0.25, 0.3) is 0 Å². The summed E-state index contributed by atoms with van der Waals surface area (Å²) < 4.78 is 20.0. The topological polar surface area (TPSA) is 103 Å². The first-order chi connectivity index (χ1) is 18.1. The molecule has 0 aliphatic carbocycles. The van der Waals surface area contributed by atoms with E-state index in [4.69, 9.17) is 30.9 Å². The van der Waals surface area contributed by atoms with Crippen molar-refractivity contribution in [3.05, 3.63) is 96.5 Å². The van der Waals surface area contributed by atoms with Crippen LogP contribution in [-0.2, 0) is 32.2 Å². The Bertz CT molecular complexity index is 954. The van der Waals surface area contributed by atoms with Crippen molar-refractivity contribution in [1.82, 2.24) is 5.32 Å². The number of alkyl carbamates (subject to hydrolysis) is 1. The standard InChI is InChI=1S/C14H17NO3.C8H7ClO2.C6H10O2.2CH4/c16-14(15-10-13-8-4-5-9-17-13)18-11-12-6-2-1-3-7-12;9-8(10)11-6-7-4-2-1-3-5-7;7-5-6-3-1-2-4-8-6;;/h1-3,5-7,9,13H,4,8,10-11H2,(H,15,16);1-5H,6H2;2,4,6-7H,1,3,5H2;2*1H4/t13-;;6-;;/m0.0../s1. The van der Waals surface area contributed by atoms with Gasteiger partial charge < -0.3 is 29.4 Å². The number of aliphatic hydroxyl groups excluding tert-OH is 1. The Morgan fingerprint density at radius 1 is 0.821 bits per heavy atom. The third-order valence-electron chi connectivity index (χ3n) is 5.13. The molecule has 4 rings (SSSR count). The van der Waals surface area contributed by atoms with Gasteiger partial charge in [-0.05, 0) is 49.0 Å². The predicted molar refractivity (Wildman–Crippen MR) is 154 cm³/mol. The Morgan fingerprint density at radius 3 is 1.72 bits per heavy atom. The molecule has 1 amide bonds. The number of carbonyl (C=O) groups excluding carboxylic acids is 2. The molecular formula is C30H42ClNO7. The summed E-state index contributed by atoms with van der Waals surface area (Å²) in [6.45, 7) is 1.16. The van der Waals surface area contributed by atoms with Gasteiger partial charge in [-0.3, -0.25) is 0 Å². The number of rotatable bonds is 7. The number of hydrogen-bond donors (Lipinski definition) is 2. The van der Waals surface area contributed by atoms with Crippen LogP contribution in [0.4, 0.5) is 9.59 Å². The molecule has 2 heterocycles. The number of hydrogen-bond acceptors (Lipinski definition) is 7. The molecule has 216 valence electrons. The molecule has 2 aliphatic rings. The molecule has 0 saturated carbocycles. The van der Waals surface area contributed by atoms with E-state index < -0.39 is 11.5 Å². The van der Waals surface area contributed by atoms with Crippen molar-refractivity contribution in [2.24, 2.45) is 0 Å². The Morgan fingerprint density at radius 2 is 1.31 bits per heavy atom. The molecule has 2 aliphatic heterocycles. The average molecular weight is 564 g/mol. The fraction of sp³-hybridized carbons (Fsp3) is 0.400. The first-order valence-corrected chi connectivity index (χ1v) is 12.5. The Hall–Kier alpha value is -3.49. The fourth-order valence-corrected chi connectivity index (χ4v) is 3.19. The number of ether oxygens (including phenoxy) is 4. The molecule has 0 spiro atoms. The molecule has 2 atom stereocenters. The molecule has 0 aromatic heterocycles. The third kappa shape index (κ3) is 17.6. The van der Waals surface area contributed by atoms with Crippen LogP contribution in [0.15, 0.2) is 85.3 Å². The van der Waals surface area contributed by atoms with E-state index in [2.05, 4.69) is 10.1 Å². The van der Waals surface area contributed by atoms with Crippen LogP contribution >= 0.6 is 11.6 Å². The number of allylic oxidation sites excluding steroid dienone is 2. The molecule has 0 unspecified atom stereocenters. The van der Waals surface area contributed by atoms with Gasteiger partial charge in [0.25, 0.3) is 0 Å². The van der Waals surface area contributed by atoms with Gasteiger partial charge in [0.15, 0.2) is 0 Å². The first-order valence-electron chi connectivity index (χ1n) is 12.1. The summed E-state index contributed by atoms with van der Waals surface area (Å²) in [6.07, 6.45) is 10.9. The summed E-state index contributed by atoms with van der Waals surface area (Å²) in [5.74, 6) is 0. The second-order valence-corrected chi connectivity index (χ2v) is 8.36. The normalized spacial score (nSPS) is 16.5. The lowest BCUT2D eigenvalue weighted by molar-refractivity contribution is 0.0634. The molecule has 9 heteroatoms. The third-order valence-corrected chi connectivity index (χ3v) is 5.24. The van der Waals surface area contributed by atoms with Crippen LogP contribution in [0, 0.1) is 0 Å². The van der Waals surface area contributed by atoms with Crippen molar-refractivity contribution in [2.75, 3.05) is 13.2 Å². The van der Waals surface area contributed by atoms with Crippen LogP contribution in [0.5, 0.6) is 0 Å². The highest BCUT2D eigenvalue weighted by Crippen LogP contribution is 2.09. The van der Waals surface area contributed by atoms with Crippen LogP contribution in [0.2, 0.25) is 0 Å². The monoisotopic (exact) mass is 563 g/mol. The van der Waals surface area contributed by atoms with Gasteiger partial charge in [-0.1, -0.05) is 75.5 Å². The van der Waals surface area contributed by atoms with E-state index in [0.717, 1.165) is 36.8 Å². The zero-order valence-corrected chi connectivity index (χ0v) is 21.4. The van der Waals surface area contributed by atoms with E-state index in [1.807, 2.05) is 72.8 Å². The maximum atomic E-state index is 11.5. The van der Waals surface area contributed by atoms with Crippen molar-refractivity contribution in [1.29, 1.82) is 0 Å². The Balaban J connectivity index is 0.000000591. The lowest BCUT2D eigenvalue weighted by Crippen LogP contribution is -2.33. The van der Waals surface area contributed by atoms with Crippen LogP contribution in [0.1, 0.15) is 51.7 Å². The SMILES string of the molecule is C.C.O=C(Cl)OCc1ccccc1.O=C(NC[C@@H]1CCC=CO1)OCc1ccccc1.OC[C@@H]1CCC=CO1. The van der Waals surface area contributed by atoms with Gasteiger partial charge in [-0.15, -0.1) is 0 Å². The van der Waals surface area contributed by atoms with Gasteiger partial charge in [0.05, 0.1) is 25.7 Å². The van der Waals surface area contributed by atoms with Gasteiger partial charge >= 0.3 is 11.5 Å². The van der Waals surface area contributed by atoms with Gasteiger partial charge in [0.2, 0.25) is 0 Å². The van der Waals surface area contributed by atoms with Crippen LogP contribution < -0.4 is 5.32 Å². The molecule has 0 saturated heterocycles. The number of aliphatic hydroxyl groups is 1. The summed E-state index contributed by atoms with van der Waals surface area (Å²) in [7, 11) is 0. The van der Waals surface area contributed by atoms with E-state index in [1.54, 1.807) is 12.5 Å². The summed E-state index contributed by atoms with van der Waals surface area (Å²) in [6, 6.07) is 19.0. The van der Waals surface area contributed by atoms with E-state index in [9.17, 15) is 9.59 Å². The minimum absolute atomic E-state index is 0. The molecule has 0 bridgehead atoms. The zero-order chi connectivity index (χ0) is 26.6. The molecule has 2 N–H and O–H groups in total. The minimum Gasteiger partial charge on any atom is -0.497 e. The maximum absolute atomic E-state index is 11.5. The second-order valence-electron chi connectivity index (χ2n) is 8.05. The Labute approximate surface area is 237 Å². The van der Waals surface area contributed by atoms with E-state index in [1.165, 1.54) is 0 Å². The minimum atomic E-state index is -0.770. The second kappa shape index (κ2) is 22.5. The summed E-state index contributed by atoms with van der Waals surface area (Å²) in [4.78, 5) is 21.6. The zero-order valence-electron chi connectivity index (χ0n) is 20.7. The van der Waals surface area contributed by atoms with Gasteiger partial charge in [-0.25, -0.2) is 9.59 Å². The lowest BCUT2D eigenvalue weighted by atomic mass is 10.1. The number of halogens is 1. The summed E-state index contributed by atoms with van der Waals surface area (Å²) in [5.41, 5.74) is 1.14. The smallest absolute Gasteiger partial charge is 0.407 e. The summed E-state index contributed by atoms with van der Waals surface area (Å²) >= 11 is 4.97. The highest BCUT2D eigenvalue weighted by molar-refractivity contribution is 6.61. The lowest BCUT2D eigenvalue weighted by Gasteiger charge is -2.19. The van der Waals surface area contributed by atoms with Crippen molar-refractivity contribution >= 4 is 23.1 Å². The highest BCUT2D eigenvalue weighted by atomic mass is 35.5. The van der Waals surface area contributed by atoms with Crippen molar-refractivity contribution < 1.29 is 33.6 Å². The van der Waals surface area contributed by atoms with Crippen LogP contribution in [0.3, 0.4) is 0 Å². The average Bonchev–Trinajstić information content (AvgIpc) is 2.96.